The summed E-state index contributed by atoms with van der Waals surface area (Å²) in [6.07, 6.45) is 1.12. The molecule has 0 unspecified atom stereocenters. The van der Waals surface area contributed by atoms with Crippen LogP contribution < -0.4 is 33.2 Å². The van der Waals surface area contributed by atoms with Crippen molar-refractivity contribution in [3.63, 3.8) is 0 Å². The fraction of sp³-hybridized carbons (Fsp3) is 1.00. The van der Waals surface area contributed by atoms with Gasteiger partial charge < -0.3 is 10.6 Å². The van der Waals surface area contributed by atoms with Crippen LogP contribution >= 0.6 is 0 Å². The van der Waals surface area contributed by atoms with E-state index in [2.05, 4.69) is 21.5 Å². The fourth-order valence-electron chi connectivity index (χ4n) is 0.910. The Morgan fingerprint density at radius 3 is 1.46 bits per heavy atom. The lowest BCUT2D eigenvalue weighted by atomic mass is 10.4. The Morgan fingerprint density at radius 2 is 1.08 bits per heavy atom. The van der Waals surface area contributed by atoms with E-state index in [0.717, 1.165) is 45.7 Å². The molecule has 0 atom stereocenters. The first-order chi connectivity index (χ1) is 6.41. The van der Waals surface area contributed by atoms with Crippen LogP contribution in [0, 0.1) is 0 Å². The minimum atomic E-state index is 0.810. The first kappa shape index (κ1) is 12.8. The van der Waals surface area contributed by atoms with Crippen LogP contribution in [0.4, 0.5) is 0 Å². The summed E-state index contributed by atoms with van der Waals surface area (Å²) in [4.78, 5) is 0. The van der Waals surface area contributed by atoms with Crippen LogP contribution in [0.15, 0.2) is 0 Å². The molecule has 0 heterocycles. The van der Waals surface area contributed by atoms with Gasteiger partial charge in [-0.2, -0.15) is 0 Å². The van der Waals surface area contributed by atoms with E-state index in [-0.39, 0.29) is 0 Å². The predicted octanol–water partition coefficient (Wildman–Crippen LogP) is -2.52. The molecule has 0 radical (unpaired) electrons. The summed E-state index contributed by atoms with van der Waals surface area (Å²) in [6.45, 7) is 5.49. The Kier molecular flexibility index (Phi) is 11.5. The summed E-state index contributed by atoms with van der Waals surface area (Å²) in [7, 11) is 0. The Labute approximate surface area is 79.7 Å². The third-order valence-electron chi connectivity index (χ3n) is 1.60. The van der Waals surface area contributed by atoms with Crippen molar-refractivity contribution in [1.29, 1.82) is 0 Å². The molecule has 0 bridgehead atoms. The highest BCUT2D eigenvalue weighted by Gasteiger charge is 1.87. The molecule has 0 aromatic heterocycles. The molecule has 0 aliphatic carbocycles. The van der Waals surface area contributed by atoms with Crippen molar-refractivity contribution in [2.24, 2.45) is 11.7 Å². The highest BCUT2D eigenvalue weighted by Crippen LogP contribution is 1.71. The van der Waals surface area contributed by atoms with E-state index >= 15 is 0 Å². The van der Waals surface area contributed by atoms with Gasteiger partial charge in [0, 0.05) is 26.2 Å². The van der Waals surface area contributed by atoms with Crippen LogP contribution in [-0.4, -0.2) is 39.3 Å². The van der Waals surface area contributed by atoms with Crippen molar-refractivity contribution in [2.75, 3.05) is 39.3 Å². The number of rotatable bonds is 10. The van der Waals surface area contributed by atoms with Crippen LogP contribution in [0.25, 0.3) is 0 Å². The molecule has 0 amide bonds. The zero-order valence-corrected chi connectivity index (χ0v) is 8.10. The van der Waals surface area contributed by atoms with E-state index < -0.39 is 0 Å². The van der Waals surface area contributed by atoms with Crippen LogP contribution in [-0.2, 0) is 0 Å². The van der Waals surface area contributed by atoms with Gasteiger partial charge >= 0.3 is 0 Å². The van der Waals surface area contributed by atoms with Gasteiger partial charge in [0.15, 0.2) is 0 Å². The van der Waals surface area contributed by atoms with Crippen LogP contribution in [0.5, 0.6) is 0 Å². The van der Waals surface area contributed by atoms with Gasteiger partial charge in [0.2, 0.25) is 0 Å². The fourth-order valence-corrected chi connectivity index (χ4v) is 0.910. The SMILES string of the molecule is NNCCNCCCNCCNN. The second-order valence-corrected chi connectivity index (χ2v) is 2.76. The van der Waals surface area contributed by atoms with Crippen molar-refractivity contribution >= 4 is 0 Å². The Hall–Kier alpha value is -0.240. The molecule has 0 fully saturated rings. The zero-order valence-electron chi connectivity index (χ0n) is 8.10. The van der Waals surface area contributed by atoms with Gasteiger partial charge in [-0.1, -0.05) is 0 Å². The van der Waals surface area contributed by atoms with Crippen molar-refractivity contribution in [1.82, 2.24) is 21.5 Å². The number of nitrogens with one attached hydrogen (secondary N) is 4. The number of nitrogens with two attached hydrogens (primary N) is 2. The third kappa shape index (κ3) is 11.8. The van der Waals surface area contributed by atoms with Crippen LogP contribution in [0.3, 0.4) is 0 Å². The molecule has 0 spiro atoms. The average Bonchev–Trinajstić information content (AvgIpc) is 2.16. The second kappa shape index (κ2) is 11.8. The maximum atomic E-state index is 5.10. The molecule has 0 aromatic carbocycles. The molecule has 8 N–H and O–H groups in total. The van der Waals surface area contributed by atoms with Gasteiger partial charge in [-0.25, -0.2) is 0 Å². The summed E-state index contributed by atoms with van der Waals surface area (Å²) in [6, 6.07) is 0. The topological polar surface area (TPSA) is 100 Å². The van der Waals surface area contributed by atoms with Crippen LogP contribution in [0.1, 0.15) is 6.42 Å². The first-order valence-electron chi connectivity index (χ1n) is 4.70. The molecule has 0 saturated carbocycles. The average molecular weight is 190 g/mol. The Balaban J connectivity index is 2.76. The van der Waals surface area contributed by atoms with E-state index in [1.54, 1.807) is 0 Å². The maximum absolute atomic E-state index is 5.10. The van der Waals surface area contributed by atoms with Gasteiger partial charge in [-0.3, -0.25) is 22.5 Å². The van der Waals surface area contributed by atoms with E-state index in [4.69, 9.17) is 11.7 Å². The van der Waals surface area contributed by atoms with Gasteiger partial charge in [-0.05, 0) is 19.5 Å². The van der Waals surface area contributed by atoms with Gasteiger partial charge in [0.1, 0.15) is 0 Å². The second-order valence-electron chi connectivity index (χ2n) is 2.76. The van der Waals surface area contributed by atoms with E-state index in [1.165, 1.54) is 0 Å². The lowest BCUT2D eigenvalue weighted by Crippen LogP contribution is -2.34. The van der Waals surface area contributed by atoms with Crippen molar-refractivity contribution in [2.45, 2.75) is 6.42 Å². The monoisotopic (exact) mass is 190 g/mol. The molecule has 0 aliphatic rings. The summed E-state index contributed by atoms with van der Waals surface area (Å²) < 4.78 is 0. The summed E-state index contributed by atoms with van der Waals surface area (Å²) in [5.74, 6) is 10.2. The lowest BCUT2D eigenvalue weighted by Gasteiger charge is -2.05. The lowest BCUT2D eigenvalue weighted by molar-refractivity contribution is 0.568. The number of hydrogen-bond donors (Lipinski definition) is 6. The molecule has 13 heavy (non-hydrogen) atoms. The molecular formula is C7H22N6. The largest absolute Gasteiger partial charge is 0.315 e. The van der Waals surface area contributed by atoms with E-state index in [1.807, 2.05) is 0 Å². The van der Waals surface area contributed by atoms with Crippen molar-refractivity contribution in [3.05, 3.63) is 0 Å². The molecule has 6 nitrogen and oxygen atoms in total. The molecular weight excluding hydrogens is 168 g/mol. The predicted molar refractivity (Wildman–Crippen MR) is 54.7 cm³/mol. The highest BCUT2D eigenvalue weighted by molar-refractivity contribution is 4.52. The smallest absolute Gasteiger partial charge is 0.0223 e. The minimum absolute atomic E-state index is 0.810. The Bertz CT molecular complexity index is 79.1. The minimum Gasteiger partial charge on any atom is -0.315 e. The maximum Gasteiger partial charge on any atom is 0.0223 e. The normalized spacial score (nSPS) is 10.6. The molecule has 80 valence electrons. The first-order valence-corrected chi connectivity index (χ1v) is 4.70. The standard InChI is InChI=1S/C7H22N6/c8-12-6-4-10-2-1-3-11-5-7-13-9/h10-13H,1-9H2. The quantitative estimate of drug-likeness (QED) is 0.129. The van der Waals surface area contributed by atoms with Crippen molar-refractivity contribution in [3.8, 4) is 0 Å². The van der Waals surface area contributed by atoms with Gasteiger partial charge in [-0.15, -0.1) is 0 Å². The van der Waals surface area contributed by atoms with Crippen molar-refractivity contribution < 1.29 is 0 Å². The number of hydrogen-bond acceptors (Lipinski definition) is 6. The molecule has 0 aromatic rings. The summed E-state index contributed by atoms with van der Waals surface area (Å²) >= 11 is 0. The summed E-state index contributed by atoms with van der Waals surface area (Å²) in [5.41, 5.74) is 5.17. The summed E-state index contributed by atoms with van der Waals surface area (Å²) in [5, 5.41) is 6.51. The third-order valence-corrected chi connectivity index (χ3v) is 1.60. The van der Waals surface area contributed by atoms with Gasteiger partial charge in [0.25, 0.3) is 0 Å². The highest BCUT2D eigenvalue weighted by atomic mass is 15.2. The molecule has 6 heteroatoms. The van der Waals surface area contributed by atoms with E-state index in [9.17, 15) is 0 Å². The van der Waals surface area contributed by atoms with E-state index in [0.29, 0.717) is 0 Å². The molecule has 0 saturated heterocycles. The molecule has 0 aliphatic heterocycles. The zero-order chi connectivity index (χ0) is 9.78. The molecule has 0 rings (SSSR count). The van der Waals surface area contributed by atoms with Gasteiger partial charge in [0.05, 0.1) is 0 Å². The Morgan fingerprint density at radius 1 is 0.615 bits per heavy atom. The van der Waals surface area contributed by atoms with Crippen LogP contribution in [0.2, 0.25) is 0 Å². The number of hydrazine groups is 2.